The van der Waals surface area contributed by atoms with Crippen molar-refractivity contribution in [1.82, 2.24) is 0 Å². The summed E-state index contributed by atoms with van der Waals surface area (Å²) in [7, 11) is 0. The van der Waals surface area contributed by atoms with Gasteiger partial charge in [-0.1, -0.05) is 35.3 Å². The molecule has 0 aromatic heterocycles. The van der Waals surface area contributed by atoms with Gasteiger partial charge in [0, 0.05) is 35.0 Å². The standard InChI is InChI=1S/C19H18Cl2N2O/c20-16-4-3-15(19(21)14-16)2-1-9-22-17-5-7-18(8-6-17)23-10-12-24-13-11-23/h1-9,14H,10-13H2. The number of hydrogen-bond donors (Lipinski definition) is 0. The molecule has 1 fully saturated rings. The molecule has 2 aromatic carbocycles. The third kappa shape index (κ3) is 4.60. The van der Waals surface area contributed by atoms with E-state index in [-0.39, 0.29) is 0 Å². The van der Waals surface area contributed by atoms with Gasteiger partial charge in [-0.2, -0.15) is 0 Å². The van der Waals surface area contributed by atoms with Crippen LogP contribution in [0.5, 0.6) is 0 Å². The van der Waals surface area contributed by atoms with Gasteiger partial charge in [0.05, 0.1) is 18.9 Å². The smallest absolute Gasteiger partial charge is 0.0642 e. The lowest BCUT2D eigenvalue weighted by atomic mass is 10.2. The Morgan fingerprint density at radius 1 is 1.00 bits per heavy atom. The van der Waals surface area contributed by atoms with E-state index in [4.69, 9.17) is 27.9 Å². The normalized spacial score (nSPS) is 15.5. The molecular weight excluding hydrogens is 343 g/mol. The topological polar surface area (TPSA) is 24.8 Å². The van der Waals surface area contributed by atoms with Crippen molar-refractivity contribution < 1.29 is 4.74 Å². The van der Waals surface area contributed by atoms with Crippen LogP contribution in [0.1, 0.15) is 5.56 Å². The predicted molar refractivity (Wildman–Crippen MR) is 103 cm³/mol. The highest BCUT2D eigenvalue weighted by molar-refractivity contribution is 6.35. The lowest BCUT2D eigenvalue weighted by Crippen LogP contribution is -2.36. The van der Waals surface area contributed by atoms with Crippen LogP contribution >= 0.6 is 23.2 Å². The van der Waals surface area contributed by atoms with Crippen LogP contribution in [0.15, 0.2) is 53.5 Å². The molecule has 5 heteroatoms. The zero-order chi connectivity index (χ0) is 16.8. The number of anilines is 1. The number of hydrogen-bond acceptors (Lipinski definition) is 3. The number of ether oxygens (including phenoxy) is 1. The fraction of sp³-hybridized carbons (Fsp3) is 0.211. The highest BCUT2D eigenvalue weighted by Gasteiger charge is 2.10. The third-order valence-corrected chi connectivity index (χ3v) is 4.34. The van der Waals surface area contributed by atoms with Crippen LogP contribution in [0.3, 0.4) is 0 Å². The van der Waals surface area contributed by atoms with Crippen molar-refractivity contribution in [2.45, 2.75) is 0 Å². The van der Waals surface area contributed by atoms with Crippen LogP contribution in [0.25, 0.3) is 6.08 Å². The minimum atomic E-state index is 0.627. The molecule has 0 atom stereocenters. The number of nitrogens with zero attached hydrogens (tertiary/aromatic N) is 2. The van der Waals surface area contributed by atoms with Crippen molar-refractivity contribution in [3.8, 4) is 0 Å². The second-order valence-corrected chi connectivity index (χ2v) is 6.26. The SMILES string of the molecule is Clc1ccc(C=CC=Nc2ccc(N3CCOCC3)cc2)c(Cl)c1. The molecule has 0 amide bonds. The molecule has 0 radical (unpaired) electrons. The van der Waals surface area contributed by atoms with Gasteiger partial charge < -0.3 is 9.64 Å². The number of halogens is 2. The summed E-state index contributed by atoms with van der Waals surface area (Å²) in [5.74, 6) is 0. The van der Waals surface area contributed by atoms with Crippen LogP contribution in [0, 0.1) is 0 Å². The molecule has 1 aliphatic heterocycles. The quantitative estimate of drug-likeness (QED) is 0.695. The first kappa shape index (κ1) is 17.0. The van der Waals surface area contributed by atoms with Crippen molar-refractivity contribution in [3.63, 3.8) is 0 Å². The second kappa shape index (κ2) is 8.34. The monoisotopic (exact) mass is 360 g/mol. The van der Waals surface area contributed by atoms with Gasteiger partial charge in [0.2, 0.25) is 0 Å². The van der Waals surface area contributed by atoms with Crippen LogP contribution in [-0.2, 0) is 4.74 Å². The molecule has 2 aromatic rings. The molecule has 0 N–H and O–H groups in total. The van der Waals surface area contributed by atoms with Gasteiger partial charge >= 0.3 is 0 Å². The average Bonchev–Trinajstić information content (AvgIpc) is 2.61. The van der Waals surface area contributed by atoms with Crippen molar-refractivity contribution in [1.29, 1.82) is 0 Å². The fourth-order valence-corrected chi connectivity index (χ4v) is 2.96. The van der Waals surface area contributed by atoms with Crippen LogP contribution < -0.4 is 4.90 Å². The number of rotatable bonds is 4. The molecule has 1 aliphatic rings. The summed E-state index contributed by atoms with van der Waals surface area (Å²) in [5.41, 5.74) is 3.04. The molecule has 0 spiro atoms. The Balaban J connectivity index is 1.61. The number of benzene rings is 2. The molecule has 24 heavy (non-hydrogen) atoms. The van der Waals surface area contributed by atoms with Crippen molar-refractivity contribution in [2.75, 3.05) is 31.2 Å². The highest BCUT2D eigenvalue weighted by Crippen LogP contribution is 2.22. The van der Waals surface area contributed by atoms with E-state index in [2.05, 4.69) is 22.0 Å². The van der Waals surface area contributed by atoms with Gasteiger partial charge in [0.15, 0.2) is 0 Å². The summed E-state index contributed by atoms with van der Waals surface area (Å²) in [4.78, 5) is 6.75. The molecule has 0 bridgehead atoms. The van der Waals surface area contributed by atoms with Crippen molar-refractivity contribution in [2.24, 2.45) is 4.99 Å². The first-order valence-corrected chi connectivity index (χ1v) is 8.56. The Kier molecular flexibility index (Phi) is 5.91. The van der Waals surface area contributed by atoms with E-state index in [0.29, 0.717) is 10.0 Å². The van der Waals surface area contributed by atoms with Crippen molar-refractivity contribution >= 4 is 46.9 Å². The largest absolute Gasteiger partial charge is 0.378 e. The Morgan fingerprint density at radius 2 is 1.75 bits per heavy atom. The summed E-state index contributed by atoms with van der Waals surface area (Å²) in [5, 5.41) is 1.26. The lowest BCUT2D eigenvalue weighted by Gasteiger charge is -2.28. The molecular formula is C19H18Cl2N2O. The maximum absolute atomic E-state index is 6.12. The van der Waals surface area contributed by atoms with Gasteiger partial charge in [0.1, 0.15) is 0 Å². The molecule has 1 saturated heterocycles. The minimum absolute atomic E-state index is 0.627. The number of aliphatic imine (C=N–C) groups is 1. The van der Waals surface area contributed by atoms with Crippen molar-refractivity contribution in [3.05, 3.63) is 64.1 Å². The van der Waals surface area contributed by atoms with Gasteiger partial charge in [-0.3, -0.25) is 4.99 Å². The van der Waals surface area contributed by atoms with E-state index in [0.717, 1.165) is 37.6 Å². The molecule has 0 aliphatic carbocycles. The van der Waals surface area contributed by atoms with E-state index in [9.17, 15) is 0 Å². The maximum atomic E-state index is 6.12. The summed E-state index contributed by atoms with van der Waals surface area (Å²) in [6.45, 7) is 3.45. The van der Waals surface area contributed by atoms with Gasteiger partial charge in [-0.25, -0.2) is 0 Å². The van der Waals surface area contributed by atoms with E-state index in [1.165, 1.54) is 5.69 Å². The lowest BCUT2D eigenvalue weighted by molar-refractivity contribution is 0.122. The van der Waals surface area contributed by atoms with E-state index in [1.807, 2.05) is 36.4 Å². The number of allylic oxidation sites excluding steroid dienone is 1. The molecule has 3 rings (SSSR count). The van der Waals surface area contributed by atoms with Crippen LogP contribution in [0.2, 0.25) is 10.0 Å². The molecule has 0 unspecified atom stereocenters. The zero-order valence-electron chi connectivity index (χ0n) is 13.2. The van der Waals surface area contributed by atoms with E-state index in [1.54, 1.807) is 12.3 Å². The van der Waals surface area contributed by atoms with Gasteiger partial charge in [-0.15, -0.1) is 0 Å². The Hall–Kier alpha value is -1.81. The van der Waals surface area contributed by atoms with E-state index >= 15 is 0 Å². The summed E-state index contributed by atoms with van der Waals surface area (Å²) in [6.07, 6.45) is 5.53. The van der Waals surface area contributed by atoms with Gasteiger partial charge in [-0.05, 0) is 48.0 Å². The summed E-state index contributed by atoms with van der Waals surface area (Å²) < 4.78 is 5.37. The Bertz CT molecular complexity index is 736. The Morgan fingerprint density at radius 3 is 2.46 bits per heavy atom. The highest BCUT2D eigenvalue weighted by atomic mass is 35.5. The fourth-order valence-electron chi connectivity index (χ4n) is 2.48. The molecule has 0 saturated carbocycles. The minimum Gasteiger partial charge on any atom is -0.378 e. The molecule has 3 nitrogen and oxygen atoms in total. The predicted octanol–water partition coefficient (Wildman–Crippen LogP) is 5.25. The van der Waals surface area contributed by atoms with Gasteiger partial charge in [0.25, 0.3) is 0 Å². The van der Waals surface area contributed by atoms with Crippen LogP contribution in [0.4, 0.5) is 11.4 Å². The first-order chi connectivity index (χ1) is 11.7. The number of morpholine rings is 1. The maximum Gasteiger partial charge on any atom is 0.0642 e. The van der Waals surface area contributed by atoms with Crippen LogP contribution in [-0.4, -0.2) is 32.5 Å². The summed E-state index contributed by atoms with van der Waals surface area (Å²) in [6, 6.07) is 13.6. The zero-order valence-corrected chi connectivity index (χ0v) is 14.7. The second-order valence-electron chi connectivity index (χ2n) is 5.42. The average molecular weight is 361 g/mol. The third-order valence-electron chi connectivity index (χ3n) is 3.77. The summed E-state index contributed by atoms with van der Waals surface area (Å²) >= 11 is 12.0. The molecule has 124 valence electrons. The van der Waals surface area contributed by atoms with E-state index < -0.39 is 0 Å². The Labute approximate surface area is 152 Å². The molecule has 1 heterocycles. The first-order valence-electron chi connectivity index (χ1n) is 7.81.